The molecule has 0 bridgehead atoms. The van der Waals surface area contributed by atoms with E-state index in [0.29, 0.717) is 12.2 Å². The van der Waals surface area contributed by atoms with Gasteiger partial charge in [0, 0.05) is 23.5 Å². The van der Waals surface area contributed by atoms with Gasteiger partial charge in [-0.25, -0.2) is 0 Å². The smallest absolute Gasteiger partial charge is 0.272 e. The number of hydrogen-bond donors (Lipinski definition) is 1. The first-order valence-electron chi connectivity index (χ1n) is 8.46. The molecule has 26 heavy (non-hydrogen) atoms. The van der Waals surface area contributed by atoms with Crippen LogP contribution in [0.2, 0.25) is 0 Å². The summed E-state index contributed by atoms with van der Waals surface area (Å²) < 4.78 is 5.25. The SMILES string of the molecule is COc1cccc(-c2cc(C(=O)N3CC=C(c4cccs4)CC3)[nH]n2)c1. The molecule has 3 heterocycles. The van der Waals surface area contributed by atoms with Crippen LogP contribution in [0.3, 0.4) is 0 Å². The molecular formula is C20H19N3O2S. The summed E-state index contributed by atoms with van der Waals surface area (Å²) in [6.45, 7) is 1.34. The highest BCUT2D eigenvalue weighted by molar-refractivity contribution is 7.11. The Morgan fingerprint density at radius 3 is 2.92 bits per heavy atom. The fourth-order valence-corrected chi connectivity index (χ4v) is 3.87. The van der Waals surface area contributed by atoms with Gasteiger partial charge in [-0.2, -0.15) is 5.10 Å². The topological polar surface area (TPSA) is 58.2 Å². The van der Waals surface area contributed by atoms with Crippen molar-refractivity contribution >= 4 is 22.8 Å². The molecule has 1 aliphatic rings. The van der Waals surface area contributed by atoms with Crippen molar-refractivity contribution < 1.29 is 9.53 Å². The second-order valence-electron chi connectivity index (χ2n) is 6.11. The normalized spacial score (nSPS) is 14.2. The quantitative estimate of drug-likeness (QED) is 0.758. The van der Waals surface area contributed by atoms with Gasteiger partial charge in [0.25, 0.3) is 5.91 Å². The summed E-state index contributed by atoms with van der Waals surface area (Å²) in [7, 11) is 1.63. The van der Waals surface area contributed by atoms with Crippen molar-refractivity contribution in [2.75, 3.05) is 20.2 Å². The van der Waals surface area contributed by atoms with Gasteiger partial charge in [0.15, 0.2) is 0 Å². The predicted molar refractivity (Wildman–Crippen MR) is 103 cm³/mol. The van der Waals surface area contributed by atoms with E-state index in [2.05, 4.69) is 33.8 Å². The van der Waals surface area contributed by atoms with E-state index in [0.717, 1.165) is 30.0 Å². The van der Waals surface area contributed by atoms with E-state index in [9.17, 15) is 4.79 Å². The van der Waals surface area contributed by atoms with Gasteiger partial charge in [-0.1, -0.05) is 24.3 Å². The standard InChI is InChI=1S/C20H19N3O2S/c1-25-16-5-2-4-15(12-16)17-13-18(22-21-17)20(24)23-9-7-14(8-10-23)19-6-3-11-26-19/h2-7,11-13H,8-10H2,1H3,(H,21,22). The number of carbonyl (C=O) groups excluding carboxylic acids is 1. The second kappa shape index (κ2) is 7.17. The third-order valence-corrected chi connectivity index (χ3v) is 5.45. The molecule has 1 aliphatic heterocycles. The van der Waals surface area contributed by atoms with Crippen LogP contribution in [0.4, 0.5) is 0 Å². The Labute approximate surface area is 155 Å². The van der Waals surface area contributed by atoms with Crippen molar-refractivity contribution in [2.45, 2.75) is 6.42 Å². The number of nitrogens with zero attached hydrogens (tertiary/aromatic N) is 2. The van der Waals surface area contributed by atoms with E-state index in [-0.39, 0.29) is 5.91 Å². The van der Waals surface area contributed by atoms with Crippen LogP contribution in [0.5, 0.6) is 5.75 Å². The minimum atomic E-state index is -0.0203. The summed E-state index contributed by atoms with van der Waals surface area (Å²) in [4.78, 5) is 15.9. The first-order chi connectivity index (χ1) is 12.7. The summed E-state index contributed by atoms with van der Waals surface area (Å²) in [5.74, 6) is 0.744. The highest BCUT2D eigenvalue weighted by Crippen LogP contribution is 2.27. The van der Waals surface area contributed by atoms with Gasteiger partial charge in [0.05, 0.1) is 12.8 Å². The number of aromatic nitrogens is 2. The average Bonchev–Trinajstić information content (AvgIpc) is 3.40. The number of thiophene rings is 1. The number of hydrogen-bond acceptors (Lipinski definition) is 4. The Morgan fingerprint density at radius 1 is 1.27 bits per heavy atom. The Morgan fingerprint density at radius 2 is 2.19 bits per heavy atom. The molecule has 6 heteroatoms. The van der Waals surface area contributed by atoms with E-state index in [1.54, 1.807) is 24.5 Å². The molecule has 0 spiro atoms. The maximum absolute atomic E-state index is 12.8. The van der Waals surface area contributed by atoms with Crippen LogP contribution < -0.4 is 4.74 Å². The molecule has 5 nitrogen and oxygen atoms in total. The number of nitrogens with one attached hydrogen (secondary N) is 1. The second-order valence-corrected chi connectivity index (χ2v) is 7.05. The van der Waals surface area contributed by atoms with E-state index in [4.69, 9.17) is 4.74 Å². The fraction of sp³-hybridized carbons (Fsp3) is 0.200. The molecule has 0 saturated carbocycles. The minimum Gasteiger partial charge on any atom is -0.497 e. The third-order valence-electron chi connectivity index (χ3n) is 4.51. The molecule has 1 aromatic carbocycles. The van der Waals surface area contributed by atoms with Gasteiger partial charge in [0.2, 0.25) is 0 Å². The van der Waals surface area contributed by atoms with Crippen molar-refractivity contribution in [3.05, 3.63) is 64.5 Å². The Balaban J connectivity index is 1.48. The predicted octanol–water partition coefficient (Wildman–Crippen LogP) is 4.08. The van der Waals surface area contributed by atoms with Crippen LogP contribution >= 0.6 is 11.3 Å². The number of aromatic amines is 1. The van der Waals surface area contributed by atoms with Crippen molar-refractivity contribution in [2.24, 2.45) is 0 Å². The van der Waals surface area contributed by atoms with Crippen molar-refractivity contribution in [1.82, 2.24) is 15.1 Å². The van der Waals surface area contributed by atoms with Crippen LogP contribution in [0, 0.1) is 0 Å². The van der Waals surface area contributed by atoms with Crippen LogP contribution in [0.25, 0.3) is 16.8 Å². The molecule has 132 valence electrons. The van der Waals surface area contributed by atoms with Gasteiger partial charge < -0.3 is 9.64 Å². The zero-order chi connectivity index (χ0) is 17.9. The molecule has 0 saturated heterocycles. The third kappa shape index (κ3) is 3.28. The Kier molecular flexibility index (Phi) is 4.58. The zero-order valence-corrected chi connectivity index (χ0v) is 15.3. The summed E-state index contributed by atoms with van der Waals surface area (Å²) in [5.41, 5.74) is 3.48. The van der Waals surface area contributed by atoms with Crippen molar-refractivity contribution in [3.63, 3.8) is 0 Å². The summed E-state index contributed by atoms with van der Waals surface area (Å²) in [6.07, 6.45) is 3.02. The largest absolute Gasteiger partial charge is 0.497 e. The zero-order valence-electron chi connectivity index (χ0n) is 14.4. The van der Waals surface area contributed by atoms with Crippen LogP contribution in [0.1, 0.15) is 21.8 Å². The van der Waals surface area contributed by atoms with Crippen molar-refractivity contribution in [3.8, 4) is 17.0 Å². The molecule has 2 aromatic heterocycles. The maximum atomic E-state index is 12.8. The molecule has 0 unspecified atom stereocenters. The van der Waals surface area contributed by atoms with Gasteiger partial charge in [-0.3, -0.25) is 9.89 Å². The molecule has 4 rings (SSSR count). The van der Waals surface area contributed by atoms with Gasteiger partial charge in [0.1, 0.15) is 11.4 Å². The minimum absolute atomic E-state index is 0.0203. The molecule has 1 amide bonds. The molecule has 3 aromatic rings. The van der Waals surface area contributed by atoms with E-state index in [1.165, 1.54) is 10.5 Å². The van der Waals surface area contributed by atoms with Crippen LogP contribution in [0.15, 0.2) is 53.9 Å². The summed E-state index contributed by atoms with van der Waals surface area (Å²) in [6, 6.07) is 13.6. The number of rotatable bonds is 4. The Hall–Kier alpha value is -2.86. The van der Waals surface area contributed by atoms with Crippen LogP contribution in [-0.4, -0.2) is 41.2 Å². The van der Waals surface area contributed by atoms with Crippen molar-refractivity contribution in [1.29, 1.82) is 0 Å². The number of amides is 1. The first kappa shape index (κ1) is 16.6. The van der Waals surface area contributed by atoms with E-state index >= 15 is 0 Å². The molecule has 0 aliphatic carbocycles. The number of methoxy groups -OCH3 is 1. The first-order valence-corrected chi connectivity index (χ1v) is 9.34. The van der Waals surface area contributed by atoms with E-state index in [1.807, 2.05) is 29.2 Å². The summed E-state index contributed by atoms with van der Waals surface area (Å²) in [5, 5.41) is 9.25. The number of benzene rings is 1. The lowest BCUT2D eigenvalue weighted by atomic mass is 10.1. The summed E-state index contributed by atoms with van der Waals surface area (Å²) >= 11 is 1.74. The molecule has 0 fully saturated rings. The van der Waals surface area contributed by atoms with Gasteiger partial charge >= 0.3 is 0 Å². The average molecular weight is 365 g/mol. The number of ether oxygens (including phenoxy) is 1. The molecule has 0 atom stereocenters. The van der Waals surface area contributed by atoms with Gasteiger partial charge in [-0.15, -0.1) is 11.3 Å². The maximum Gasteiger partial charge on any atom is 0.272 e. The van der Waals surface area contributed by atoms with E-state index < -0.39 is 0 Å². The lowest BCUT2D eigenvalue weighted by Gasteiger charge is -2.25. The van der Waals surface area contributed by atoms with Gasteiger partial charge in [-0.05, 0) is 41.6 Å². The number of carbonyl (C=O) groups is 1. The lowest BCUT2D eigenvalue weighted by Crippen LogP contribution is -2.34. The Bertz CT molecular complexity index is 944. The highest BCUT2D eigenvalue weighted by atomic mass is 32.1. The highest BCUT2D eigenvalue weighted by Gasteiger charge is 2.21. The lowest BCUT2D eigenvalue weighted by molar-refractivity contribution is 0.0767. The number of H-pyrrole nitrogens is 1. The molecule has 0 radical (unpaired) electrons. The monoisotopic (exact) mass is 365 g/mol. The van der Waals surface area contributed by atoms with Crippen LogP contribution in [-0.2, 0) is 0 Å². The fourth-order valence-electron chi connectivity index (χ4n) is 3.07. The molecule has 1 N–H and O–H groups in total. The molecular weight excluding hydrogens is 346 g/mol.